The first kappa shape index (κ1) is 13.4. The van der Waals surface area contributed by atoms with E-state index in [1.54, 1.807) is 30.5 Å². The summed E-state index contributed by atoms with van der Waals surface area (Å²) >= 11 is 1.70. The minimum Gasteiger partial charge on any atom is -0.399 e. The SMILES string of the molecule is CNC(=O)c1ccc(N)cc1N(C)Cc1cccs1. The highest BCUT2D eigenvalue weighted by Gasteiger charge is 2.14. The molecule has 0 aliphatic carbocycles. The number of nitrogens with zero attached hydrogens (tertiary/aromatic N) is 1. The van der Waals surface area contributed by atoms with Gasteiger partial charge in [0.15, 0.2) is 0 Å². The number of rotatable bonds is 4. The predicted octanol–water partition coefficient (Wildman–Crippen LogP) is 2.33. The Kier molecular flexibility index (Phi) is 4.06. The molecule has 2 rings (SSSR count). The second-order valence-electron chi connectivity index (χ2n) is 4.29. The molecular formula is C14H17N3OS. The second kappa shape index (κ2) is 5.75. The van der Waals surface area contributed by atoms with Crippen molar-refractivity contribution in [2.45, 2.75) is 6.54 Å². The Morgan fingerprint density at radius 2 is 2.21 bits per heavy atom. The number of amides is 1. The van der Waals surface area contributed by atoms with Gasteiger partial charge in [0.1, 0.15) is 0 Å². The highest BCUT2D eigenvalue weighted by Crippen LogP contribution is 2.25. The molecule has 1 aromatic heterocycles. The zero-order chi connectivity index (χ0) is 13.8. The lowest BCUT2D eigenvalue weighted by molar-refractivity contribution is 0.0963. The first-order chi connectivity index (χ1) is 9.11. The fourth-order valence-corrected chi connectivity index (χ4v) is 2.67. The number of hydrogen-bond donors (Lipinski definition) is 2. The highest BCUT2D eigenvalue weighted by atomic mass is 32.1. The van der Waals surface area contributed by atoms with Gasteiger partial charge in [-0.2, -0.15) is 0 Å². The summed E-state index contributed by atoms with van der Waals surface area (Å²) in [6, 6.07) is 9.43. The normalized spacial score (nSPS) is 10.2. The molecule has 3 N–H and O–H groups in total. The minimum absolute atomic E-state index is 0.104. The van der Waals surface area contributed by atoms with Crippen LogP contribution in [0.5, 0.6) is 0 Å². The third-order valence-corrected chi connectivity index (χ3v) is 3.74. The second-order valence-corrected chi connectivity index (χ2v) is 5.32. The number of hydrogen-bond acceptors (Lipinski definition) is 4. The van der Waals surface area contributed by atoms with Crippen LogP contribution in [0, 0.1) is 0 Å². The average molecular weight is 275 g/mol. The van der Waals surface area contributed by atoms with E-state index in [9.17, 15) is 4.79 Å². The summed E-state index contributed by atoms with van der Waals surface area (Å²) < 4.78 is 0. The standard InChI is InChI=1S/C14H17N3OS/c1-16-14(18)12-6-5-10(15)8-13(12)17(2)9-11-4-3-7-19-11/h3-8H,9,15H2,1-2H3,(H,16,18). The smallest absolute Gasteiger partial charge is 0.253 e. The Bertz CT molecular complexity index is 566. The maximum Gasteiger partial charge on any atom is 0.253 e. The van der Waals surface area contributed by atoms with E-state index in [0.717, 1.165) is 12.2 Å². The molecule has 0 aliphatic heterocycles. The number of nitrogens with two attached hydrogens (primary N) is 1. The number of nitrogen functional groups attached to an aromatic ring is 1. The van der Waals surface area contributed by atoms with Gasteiger partial charge >= 0.3 is 0 Å². The van der Waals surface area contributed by atoms with E-state index < -0.39 is 0 Å². The van der Waals surface area contributed by atoms with Crippen LogP contribution in [0.25, 0.3) is 0 Å². The molecule has 1 heterocycles. The van der Waals surface area contributed by atoms with Crippen molar-refractivity contribution < 1.29 is 4.79 Å². The molecule has 0 bridgehead atoms. The topological polar surface area (TPSA) is 58.4 Å². The summed E-state index contributed by atoms with van der Waals surface area (Å²) in [5, 5.41) is 4.69. The lowest BCUT2D eigenvalue weighted by atomic mass is 10.1. The molecule has 0 radical (unpaired) electrons. The number of anilines is 2. The van der Waals surface area contributed by atoms with Gasteiger partial charge in [-0.25, -0.2) is 0 Å². The van der Waals surface area contributed by atoms with Gasteiger partial charge in [-0.05, 0) is 29.6 Å². The van der Waals surface area contributed by atoms with Gasteiger partial charge in [0.05, 0.1) is 17.8 Å². The highest BCUT2D eigenvalue weighted by molar-refractivity contribution is 7.09. The molecular weight excluding hydrogens is 258 g/mol. The summed E-state index contributed by atoms with van der Waals surface area (Å²) in [7, 11) is 3.59. The minimum atomic E-state index is -0.104. The molecule has 100 valence electrons. The molecule has 0 saturated carbocycles. The van der Waals surface area contributed by atoms with E-state index in [4.69, 9.17) is 5.73 Å². The van der Waals surface area contributed by atoms with Crippen molar-refractivity contribution >= 4 is 28.6 Å². The summed E-state index contributed by atoms with van der Waals surface area (Å²) in [5.74, 6) is -0.104. The Hall–Kier alpha value is -2.01. The molecule has 0 atom stereocenters. The molecule has 2 aromatic rings. The zero-order valence-corrected chi connectivity index (χ0v) is 11.8. The monoisotopic (exact) mass is 275 g/mol. The fourth-order valence-electron chi connectivity index (χ4n) is 1.91. The van der Waals surface area contributed by atoms with Crippen LogP contribution < -0.4 is 16.0 Å². The largest absolute Gasteiger partial charge is 0.399 e. The van der Waals surface area contributed by atoms with Crippen molar-refractivity contribution in [1.29, 1.82) is 0 Å². The number of benzene rings is 1. The quantitative estimate of drug-likeness (QED) is 0.842. The molecule has 0 saturated heterocycles. The molecule has 1 aromatic carbocycles. The number of nitrogens with one attached hydrogen (secondary N) is 1. The number of thiophene rings is 1. The van der Waals surface area contributed by atoms with Gasteiger partial charge in [-0.15, -0.1) is 11.3 Å². The Balaban J connectivity index is 2.31. The maximum atomic E-state index is 11.9. The fraction of sp³-hybridized carbons (Fsp3) is 0.214. The van der Waals surface area contributed by atoms with Gasteiger partial charge in [-0.1, -0.05) is 6.07 Å². The molecule has 1 amide bonds. The zero-order valence-electron chi connectivity index (χ0n) is 11.0. The number of carbonyl (C=O) groups is 1. The predicted molar refractivity (Wildman–Crippen MR) is 80.7 cm³/mol. The van der Waals surface area contributed by atoms with Crippen molar-refractivity contribution in [2.75, 3.05) is 24.7 Å². The van der Waals surface area contributed by atoms with Crippen LogP contribution in [0.15, 0.2) is 35.7 Å². The van der Waals surface area contributed by atoms with E-state index in [1.807, 2.05) is 29.5 Å². The Morgan fingerprint density at radius 3 is 2.84 bits per heavy atom. The van der Waals surface area contributed by atoms with E-state index in [1.165, 1.54) is 4.88 Å². The van der Waals surface area contributed by atoms with Crippen molar-refractivity contribution in [3.05, 3.63) is 46.2 Å². The van der Waals surface area contributed by atoms with Crippen LogP contribution in [0.1, 0.15) is 15.2 Å². The van der Waals surface area contributed by atoms with Crippen LogP contribution in [0.4, 0.5) is 11.4 Å². The number of carbonyl (C=O) groups excluding carboxylic acids is 1. The van der Waals surface area contributed by atoms with E-state index in [0.29, 0.717) is 11.3 Å². The van der Waals surface area contributed by atoms with Crippen molar-refractivity contribution in [2.24, 2.45) is 0 Å². The Labute approximate surface area is 116 Å². The van der Waals surface area contributed by atoms with Crippen LogP contribution in [-0.4, -0.2) is 20.0 Å². The van der Waals surface area contributed by atoms with Crippen molar-refractivity contribution in [3.8, 4) is 0 Å². The van der Waals surface area contributed by atoms with E-state index >= 15 is 0 Å². The van der Waals surface area contributed by atoms with Gasteiger partial charge in [0, 0.05) is 24.7 Å². The van der Waals surface area contributed by atoms with Crippen LogP contribution in [0.3, 0.4) is 0 Å². The summed E-state index contributed by atoms with van der Waals surface area (Å²) in [5.41, 5.74) is 7.95. The van der Waals surface area contributed by atoms with Gasteiger partial charge in [0.25, 0.3) is 5.91 Å². The van der Waals surface area contributed by atoms with Gasteiger partial charge < -0.3 is 16.0 Å². The first-order valence-electron chi connectivity index (χ1n) is 5.97. The van der Waals surface area contributed by atoms with Crippen LogP contribution in [-0.2, 0) is 6.54 Å². The Morgan fingerprint density at radius 1 is 1.42 bits per heavy atom. The van der Waals surface area contributed by atoms with Crippen LogP contribution in [0.2, 0.25) is 0 Å². The lowest BCUT2D eigenvalue weighted by Gasteiger charge is -2.21. The summed E-state index contributed by atoms with van der Waals surface area (Å²) in [4.78, 5) is 15.2. The third kappa shape index (κ3) is 3.06. The van der Waals surface area contributed by atoms with Gasteiger partial charge in [-0.3, -0.25) is 4.79 Å². The van der Waals surface area contributed by atoms with Crippen molar-refractivity contribution in [3.63, 3.8) is 0 Å². The molecule has 0 unspecified atom stereocenters. The van der Waals surface area contributed by atoms with E-state index in [-0.39, 0.29) is 5.91 Å². The lowest BCUT2D eigenvalue weighted by Crippen LogP contribution is -2.24. The maximum absolute atomic E-state index is 11.9. The third-order valence-electron chi connectivity index (χ3n) is 2.88. The average Bonchev–Trinajstić information content (AvgIpc) is 2.90. The first-order valence-corrected chi connectivity index (χ1v) is 6.85. The molecule has 4 nitrogen and oxygen atoms in total. The van der Waals surface area contributed by atoms with Crippen LogP contribution >= 0.6 is 11.3 Å². The van der Waals surface area contributed by atoms with Gasteiger partial charge in [0.2, 0.25) is 0 Å². The molecule has 0 aliphatic rings. The van der Waals surface area contributed by atoms with E-state index in [2.05, 4.69) is 11.4 Å². The molecule has 0 spiro atoms. The molecule has 5 heteroatoms. The van der Waals surface area contributed by atoms with Crippen molar-refractivity contribution in [1.82, 2.24) is 5.32 Å². The molecule has 19 heavy (non-hydrogen) atoms. The molecule has 0 fully saturated rings. The summed E-state index contributed by atoms with van der Waals surface area (Å²) in [6.07, 6.45) is 0. The summed E-state index contributed by atoms with van der Waals surface area (Å²) in [6.45, 7) is 0.755.